The number of halogens is 1. The number of rotatable bonds is 4. The fourth-order valence-corrected chi connectivity index (χ4v) is 4.60. The maximum atomic E-state index is 11.9. The van der Waals surface area contributed by atoms with Crippen LogP contribution in [0.25, 0.3) is 6.08 Å². The predicted octanol–water partition coefficient (Wildman–Crippen LogP) is 4.27. The van der Waals surface area contributed by atoms with E-state index in [1.807, 2.05) is 26.8 Å². The highest BCUT2D eigenvalue weighted by Crippen LogP contribution is 2.37. The highest BCUT2D eigenvalue weighted by Gasteiger charge is 2.33. The van der Waals surface area contributed by atoms with Crippen LogP contribution in [0.3, 0.4) is 0 Å². The highest BCUT2D eigenvalue weighted by atomic mass is 35.5. The minimum absolute atomic E-state index is 0.174. The van der Waals surface area contributed by atoms with Crippen LogP contribution >= 0.6 is 23.4 Å². The van der Waals surface area contributed by atoms with Gasteiger partial charge in [0.25, 0.3) is 11.1 Å². The van der Waals surface area contributed by atoms with E-state index >= 15 is 0 Å². The number of anilines is 1. The number of nitrogens with one attached hydrogen (secondary N) is 1. The van der Waals surface area contributed by atoms with Crippen LogP contribution in [0.4, 0.5) is 15.3 Å². The average Bonchev–Trinajstić information content (AvgIpc) is 3.18. The van der Waals surface area contributed by atoms with Gasteiger partial charge in [0.2, 0.25) is 0 Å². The molecule has 0 unspecified atom stereocenters. The van der Waals surface area contributed by atoms with Gasteiger partial charge in [-0.05, 0) is 57.0 Å². The zero-order valence-electron chi connectivity index (χ0n) is 16.6. The van der Waals surface area contributed by atoms with Gasteiger partial charge in [0.05, 0.1) is 15.6 Å². The smallest absolute Gasteiger partial charge is 0.407 e. The number of carbonyl (C=O) groups excluding carboxylic acids is 2. The lowest BCUT2D eigenvalue weighted by Crippen LogP contribution is -2.47. The SMILES string of the molecule is CC(C)(C)N(C[C@@H]1CCN(c2c(Cl)cccc2/C=C2\SC(=O)NC2=O)C1)C(=O)O. The lowest BCUT2D eigenvalue weighted by atomic mass is 10.0. The summed E-state index contributed by atoms with van der Waals surface area (Å²) in [5.41, 5.74) is 1.09. The van der Waals surface area contributed by atoms with E-state index < -0.39 is 17.5 Å². The molecule has 2 aliphatic heterocycles. The standard InChI is InChI=1S/C20H24ClN3O4S/c1-20(2,3)24(19(27)28)11-12-7-8-23(10-12)16-13(5-4-6-14(16)21)9-15-17(25)22-18(26)29-15/h4-6,9,12H,7-8,10-11H2,1-3H3,(H,27,28)(H,22,25,26)/b15-9-/t12-/m1/s1. The quantitative estimate of drug-likeness (QED) is 0.683. The van der Waals surface area contributed by atoms with Crippen molar-refractivity contribution in [2.24, 2.45) is 5.92 Å². The largest absolute Gasteiger partial charge is 0.465 e. The summed E-state index contributed by atoms with van der Waals surface area (Å²) in [5, 5.41) is 12.0. The molecule has 0 aromatic heterocycles. The van der Waals surface area contributed by atoms with E-state index in [1.165, 1.54) is 4.90 Å². The molecule has 2 heterocycles. The normalized spacial score (nSPS) is 21.0. The van der Waals surface area contributed by atoms with Crippen molar-refractivity contribution in [2.75, 3.05) is 24.5 Å². The van der Waals surface area contributed by atoms with Crippen LogP contribution in [0.15, 0.2) is 23.1 Å². The van der Waals surface area contributed by atoms with E-state index in [-0.39, 0.29) is 11.2 Å². The molecule has 1 aromatic carbocycles. The van der Waals surface area contributed by atoms with Crippen LogP contribution in [0.2, 0.25) is 5.02 Å². The lowest BCUT2D eigenvalue weighted by Gasteiger charge is -2.35. The number of hydrogen-bond donors (Lipinski definition) is 2. The van der Waals surface area contributed by atoms with E-state index in [2.05, 4.69) is 10.2 Å². The summed E-state index contributed by atoms with van der Waals surface area (Å²) in [6.45, 7) is 7.51. The number of imide groups is 1. The molecule has 0 radical (unpaired) electrons. The Bertz CT molecular complexity index is 881. The molecule has 29 heavy (non-hydrogen) atoms. The fourth-order valence-electron chi connectivity index (χ4n) is 3.63. The summed E-state index contributed by atoms with van der Waals surface area (Å²) in [5.74, 6) is -0.236. The summed E-state index contributed by atoms with van der Waals surface area (Å²) in [7, 11) is 0. The molecule has 0 saturated carbocycles. The summed E-state index contributed by atoms with van der Waals surface area (Å²) < 4.78 is 0. The van der Waals surface area contributed by atoms with Gasteiger partial charge < -0.3 is 14.9 Å². The van der Waals surface area contributed by atoms with E-state index in [1.54, 1.807) is 18.2 Å². The van der Waals surface area contributed by atoms with E-state index in [0.717, 1.165) is 36.0 Å². The van der Waals surface area contributed by atoms with Crippen LogP contribution in [0.5, 0.6) is 0 Å². The maximum absolute atomic E-state index is 11.9. The minimum Gasteiger partial charge on any atom is -0.465 e. The predicted molar refractivity (Wildman–Crippen MR) is 115 cm³/mol. The van der Waals surface area contributed by atoms with Gasteiger partial charge in [0.15, 0.2) is 0 Å². The molecule has 0 bridgehead atoms. The molecule has 1 atom stereocenters. The Labute approximate surface area is 179 Å². The van der Waals surface area contributed by atoms with Crippen molar-refractivity contribution in [2.45, 2.75) is 32.7 Å². The molecular weight excluding hydrogens is 414 g/mol. The Balaban J connectivity index is 1.82. The lowest BCUT2D eigenvalue weighted by molar-refractivity contribution is -0.115. The van der Waals surface area contributed by atoms with Crippen LogP contribution in [0.1, 0.15) is 32.8 Å². The first-order valence-corrected chi connectivity index (χ1v) is 10.5. The zero-order chi connectivity index (χ0) is 21.3. The van der Waals surface area contributed by atoms with Crippen LogP contribution in [-0.4, -0.2) is 52.4 Å². The molecule has 2 aliphatic rings. The van der Waals surface area contributed by atoms with Crippen molar-refractivity contribution < 1.29 is 19.5 Å². The third-order valence-corrected chi connectivity index (χ3v) is 6.15. The Morgan fingerprint density at radius 3 is 2.72 bits per heavy atom. The van der Waals surface area contributed by atoms with E-state index in [0.29, 0.717) is 23.0 Å². The first-order valence-electron chi connectivity index (χ1n) is 9.35. The Kier molecular flexibility index (Phi) is 6.14. The Morgan fingerprint density at radius 2 is 2.14 bits per heavy atom. The first-order chi connectivity index (χ1) is 13.6. The zero-order valence-corrected chi connectivity index (χ0v) is 18.1. The summed E-state index contributed by atoms with van der Waals surface area (Å²) in [4.78, 5) is 38.9. The van der Waals surface area contributed by atoms with Gasteiger partial charge >= 0.3 is 6.09 Å². The topological polar surface area (TPSA) is 90.0 Å². The van der Waals surface area contributed by atoms with Crippen molar-refractivity contribution in [3.8, 4) is 0 Å². The third kappa shape index (κ3) is 4.87. The molecule has 9 heteroatoms. The minimum atomic E-state index is -0.923. The maximum Gasteiger partial charge on any atom is 0.407 e. The number of carbonyl (C=O) groups is 3. The van der Waals surface area contributed by atoms with Gasteiger partial charge in [-0.25, -0.2) is 4.79 Å². The molecule has 0 spiro atoms. The van der Waals surface area contributed by atoms with E-state index in [4.69, 9.17) is 11.6 Å². The number of benzene rings is 1. The number of para-hydroxylation sites is 1. The van der Waals surface area contributed by atoms with Crippen LogP contribution in [0, 0.1) is 5.92 Å². The fraction of sp³-hybridized carbons (Fsp3) is 0.450. The average molecular weight is 438 g/mol. The van der Waals surface area contributed by atoms with Gasteiger partial charge in [-0.1, -0.05) is 23.7 Å². The molecule has 156 valence electrons. The van der Waals surface area contributed by atoms with Crippen LogP contribution in [-0.2, 0) is 4.79 Å². The Hall–Kier alpha value is -2.19. The van der Waals surface area contributed by atoms with Crippen molar-refractivity contribution in [1.29, 1.82) is 0 Å². The molecule has 2 saturated heterocycles. The van der Waals surface area contributed by atoms with Gasteiger partial charge in [-0.2, -0.15) is 0 Å². The molecule has 2 fully saturated rings. The van der Waals surface area contributed by atoms with Crippen molar-refractivity contribution in [3.05, 3.63) is 33.7 Å². The molecular formula is C20H24ClN3O4S. The van der Waals surface area contributed by atoms with E-state index in [9.17, 15) is 19.5 Å². The molecule has 3 amide bonds. The number of amides is 3. The van der Waals surface area contributed by atoms with Gasteiger partial charge in [0, 0.05) is 30.7 Å². The first kappa shape index (κ1) is 21.5. The highest BCUT2D eigenvalue weighted by molar-refractivity contribution is 8.18. The van der Waals surface area contributed by atoms with Gasteiger partial charge in [-0.15, -0.1) is 0 Å². The third-order valence-electron chi connectivity index (χ3n) is 5.03. The molecule has 3 rings (SSSR count). The second-order valence-corrected chi connectivity index (χ2v) is 9.62. The summed E-state index contributed by atoms with van der Waals surface area (Å²) >= 11 is 7.36. The van der Waals surface area contributed by atoms with Crippen molar-refractivity contribution >= 4 is 52.4 Å². The number of hydrogen-bond acceptors (Lipinski definition) is 5. The molecule has 7 nitrogen and oxygen atoms in total. The number of thioether (sulfide) groups is 1. The second kappa shape index (κ2) is 8.28. The molecule has 0 aliphatic carbocycles. The monoisotopic (exact) mass is 437 g/mol. The Morgan fingerprint density at radius 1 is 1.41 bits per heavy atom. The number of carboxylic acid groups (broad SMARTS) is 1. The summed E-state index contributed by atoms with van der Waals surface area (Å²) in [6, 6.07) is 5.45. The van der Waals surface area contributed by atoms with Crippen molar-refractivity contribution in [3.63, 3.8) is 0 Å². The second-order valence-electron chi connectivity index (χ2n) is 8.19. The van der Waals surface area contributed by atoms with Crippen LogP contribution < -0.4 is 10.2 Å². The van der Waals surface area contributed by atoms with Gasteiger partial charge in [0.1, 0.15) is 0 Å². The summed E-state index contributed by atoms with van der Waals surface area (Å²) in [6.07, 6.45) is 1.60. The molecule has 1 aromatic rings. The molecule has 2 N–H and O–H groups in total. The van der Waals surface area contributed by atoms with Crippen molar-refractivity contribution in [1.82, 2.24) is 10.2 Å². The van der Waals surface area contributed by atoms with Gasteiger partial charge in [-0.3, -0.25) is 14.9 Å². The number of nitrogens with zero attached hydrogens (tertiary/aromatic N) is 2.